The lowest BCUT2D eigenvalue weighted by molar-refractivity contribution is 0.0948. The Kier molecular flexibility index (Phi) is 6.04. The van der Waals surface area contributed by atoms with Gasteiger partial charge in [0.25, 0.3) is 5.91 Å². The van der Waals surface area contributed by atoms with Crippen molar-refractivity contribution in [2.75, 3.05) is 0 Å². The highest BCUT2D eigenvalue weighted by Crippen LogP contribution is 2.35. The Morgan fingerprint density at radius 3 is 2.00 bits per heavy atom. The molecule has 4 nitrogen and oxygen atoms in total. The van der Waals surface area contributed by atoms with Crippen LogP contribution in [-0.4, -0.2) is 23.5 Å². The number of nitrogens with one attached hydrogen (secondary N) is 1. The molecule has 1 atom stereocenters. The van der Waals surface area contributed by atoms with Crippen molar-refractivity contribution in [2.45, 2.75) is 14.1 Å². The number of hydrogen-bond acceptors (Lipinski definition) is 3. The Morgan fingerprint density at radius 2 is 1.50 bits per heavy atom. The first-order chi connectivity index (χ1) is 11.1. The number of rotatable bonds is 4. The molecular formula is C15H11Cl4NO3S. The molecule has 128 valence electrons. The van der Waals surface area contributed by atoms with Crippen molar-refractivity contribution in [3.63, 3.8) is 0 Å². The first-order valence-electron chi connectivity index (χ1n) is 6.54. The van der Waals surface area contributed by atoms with E-state index in [-0.39, 0.29) is 10.5 Å². The highest BCUT2D eigenvalue weighted by Gasteiger charge is 2.44. The summed E-state index contributed by atoms with van der Waals surface area (Å²) < 4.78 is 23.2. The van der Waals surface area contributed by atoms with Gasteiger partial charge in [-0.1, -0.05) is 64.6 Å². The minimum atomic E-state index is -4.12. The molecule has 0 aliphatic rings. The van der Waals surface area contributed by atoms with Crippen LogP contribution in [0.1, 0.15) is 10.4 Å². The third-order valence-corrected chi connectivity index (χ3v) is 6.36. The van der Waals surface area contributed by atoms with Crippen molar-refractivity contribution in [3.05, 3.63) is 65.2 Å². The first-order valence-corrected chi connectivity index (χ1v) is 9.60. The molecule has 2 aromatic rings. The van der Waals surface area contributed by atoms with Crippen molar-refractivity contribution < 1.29 is 13.2 Å². The number of sulfone groups is 1. The normalized spacial score (nSPS) is 13.3. The topological polar surface area (TPSA) is 63.2 Å². The maximum atomic E-state index is 12.7. The van der Waals surface area contributed by atoms with E-state index in [1.807, 2.05) is 0 Å². The number of amides is 1. The number of benzene rings is 2. The molecular weight excluding hydrogens is 416 g/mol. The zero-order chi connectivity index (χ0) is 18.0. The predicted octanol–water partition coefficient (Wildman–Crippen LogP) is 4.24. The smallest absolute Gasteiger partial charge is 0.252 e. The van der Waals surface area contributed by atoms with Crippen LogP contribution in [0.4, 0.5) is 0 Å². The lowest BCUT2D eigenvalue weighted by atomic mass is 10.2. The lowest BCUT2D eigenvalue weighted by Gasteiger charge is -2.25. The van der Waals surface area contributed by atoms with Gasteiger partial charge in [0.1, 0.15) is 0 Å². The average Bonchev–Trinajstić information content (AvgIpc) is 2.52. The molecule has 1 unspecified atom stereocenters. The zero-order valence-corrected chi connectivity index (χ0v) is 15.8. The molecule has 0 bridgehead atoms. The summed E-state index contributed by atoms with van der Waals surface area (Å²) in [5.41, 5.74) is 0.182. The molecule has 0 saturated carbocycles. The molecule has 0 heterocycles. The van der Waals surface area contributed by atoms with Crippen molar-refractivity contribution in [2.24, 2.45) is 0 Å². The van der Waals surface area contributed by atoms with E-state index in [9.17, 15) is 13.2 Å². The van der Waals surface area contributed by atoms with Crippen LogP contribution in [0, 0.1) is 0 Å². The second-order valence-corrected chi connectivity index (χ2v) is 9.60. The third-order valence-electron chi connectivity index (χ3n) is 3.05. The Hall–Kier alpha value is -0.980. The van der Waals surface area contributed by atoms with Crippen molar-refractivity contribution in [3.8, 4) is 0 Å². The van der Waals surface area contributed by atoms with Gasteiger partial charge in [-0.25, -0.2) is 8.42 Å². The molecule has 0 saturated heterocycles. The fourth-order valence-electron chi connectivity index (χ4n) is 1.89. The van der Waals surface area contributed by atoms with Crippen molar-refractivity contribution in [1.82, 2.24) is 5.32 Å². The van der Waals surface area contributed by atoms with Gasteiger partial charge in [0.2, 0.25) is 13.6 Å². The van der Waals surface area contributed by atoms with Gasteiger partial charge in [-0.3, -0.25) is 4.79 Å². The van der Waals surface area contributed by atoms with Crippen LogP contribution >= 0.6 is 46.4 Å². The van der Waals surface area contributed by atoms with Gasteiger partial charge in [0, 0.05) is 10.6 Å². The van der Waals surface area contributed by atoms with Crippen LogP contribution in [0.25, 0.3) is 0 Å². The number of carbonyl (C=O) groups is 1. The first kappa shape index (κ1) is 19.3. The summed E-state index contributed by atoms with van der Waals surface area (Å²) in [6.07, 6.45) is 0. The van der Waals surface area contributed by atoms with E-state index in [0.717, 1.165) is 0 Å². The van der Waals surface area contributed by atoms with Crippen molar-refractivity contribution in [1.29, 1.82) is 0 Å². The zero-order valence-electron chi connectivity index (χ0n) is 11.9. The minimum Gasteiger partial charge on any atom is -0.332 e. The molecule has 1 amide bonds. The summed E-state index contributed by atoms with van der Waals surface area (Å²) in [5, 5.41) is 0.934. The average molecular weight is 427 g/mol. The van der Waals surface area contributed by atoms with Gasteiger partial charge < -0.3 is 5.32 Å². The molecule has 0 fully saturated rings. The van der Waals surface area contributed by atoms with Crippen molar-refractivity contribution >= 4 is 62.1 Å². The number of alkyl halides is 3. The largest absolute Gasteiger partial charge is 0.332 e. The number of carbonyl (C=O) groups excluding carboxylic acids is 1. The molecule has 2 rings (SSSR count). The monoisotopic (exact) mass is 425 g/mol. The van der Waals surface area contributed by atoms with E-state index >= 15 is 0 Å². The van der Waals surface area contributed by atoms with Gasteiger partial charge >= 0.3 is 0 Å². The second-order valence-electron chi connectivity index (χ2n) is 4.76. The van der Waals surface area contributed by atoms with Crippen LogP contribution in [0.3, 0.4) is 0 Å². The van der Waals surface area contributed by atoms with Crippen LogP contribution in [0.15, 0.2) is 59.5 Å². The van der Waals surface area contributed by atoms with Crippen LogP contribution in [0.2, 0.25) is 5.02 Å². The van der Waals surface area contributed by atoms with Crippen LogP contribution in [-0.2, 0) is 9.84 Å². The van der Waals surface area contributed by atoms with Gasteiger partial charge in [-0.15, -0.1) is 0 Å². The standard InChI is InChI=1S/C15H11Cl4NO3S/c16-11-8-6-10(7-9-11)13(21)20-14(15(17,18)19)24(22,23)12-4-2-1-3-5-12/h1-9,14H,(H,20,21). The van der Waals surface area contributed by atoms with Crippen LogP contribution < -0.4 is 5.32 Å². The van der Waals surface area contributed by atoms with Gasteiger partial charge in [0.05, 0.1) is 4.90 Å². The summed E-state index contributed by atoms with van der Waals surface area (Å²) in [6.45, 7) is 0. The summed E-state index contributed by atoms with van der Waals surface area (Å²) in [7, 11) is -4.12. The van der Waals surface area contributed by atoms with E-state index in [2.05, 4.69) is 5.32 Å². The molecule has 0 aliphatic heterocycles. The Bertz CT molecular complexity index is 818. The van der Waals surface area contributed by atoms with Gasteiger partial charge in [-0.2, -0.15) is 0 Å². The molecule has 0 spiro atoms. The fourth-order valence-corrected chi connectivity index (χ4v) is 4.65. The highest BCUT2D eigenvalue weighted by molar-refractivity contribution is 7.92. The second kappa shape index (κ2) is 7.50. The van der Waals surface area contributed by atoms with E-state index in [1.165, 1.54) is 48.5 Å². The summed E-state index contributed by atoms with van der Waals surface area (Å²) in [5.74, 6) is -0.706. The number of hydrogen-bond donors (Lipinski definition) is 1. The quantitative estimate of drug-likeness (QED) is 0.743. The van der Waals surface area contributed by atoms with E-state index in [1.54, 1.807) is 6.07 Å². The summed E-state index contributed by atoms with van der Waals surface area (Å²) >= 11 is 23.2. The molecule has 1 N–H and O–H groups in total. The third kappa shape index (κ3) is 4.55. The van der Waals surface area contributed by atoms with E-state index in [4.69, 9.17) is 46.4 Å². The molecule has 9 heteroatoms. The maximum absolute atomic E-state index is 12.7. The van der Waals surface area contributed by atoms with E-state index in [0.29, 0.717) is 5.02 Å². The Labute approximate surface area is 159 Å². The Balaban J connectivity index is 2.37. The van der Waals surface area contributed by atoms with Gasteiger partial charge in [0.15, 0.2) is 5.37 Å². The summed E-state index contributed by atoms with van der Waals surface area (Å²) in [4.78, 5) is 12.2. The molecule has 24 heavy (non-hydrogen) atoms. The van der Waals surface area contributed by atoms with E-state index < -0.39 is 24.9 Å². The molecule has 2 aromatic carbocycles. The SMILES string of the molecule is O=C(NC(C(Cl)(Cl)Cl)S(=O)(=O)c1ccccc1)c1ccc(Cl)cc1. The molecule has 0 aromatic heterocycles. The molecule has 0 aliphatic carbocycles. The Morgan fingerprint density at radius 1 is 0.958 bits per heavy atom. The highest BCUT2D eigenvalue weighted by atomic mass is 35.6. The van der Waals surface area contributed by atoms with Gasteiger partial charge in [-0.05, 0) is 36.4 Å². The number of halogens is 4. The molecule has 0 radical (unpaired) electrons. The maximum Gasteiger partial charge on any atom is 0.252 e. The minimum absolute atomic E-state index is 0.0715. The summed E-state index contributed by atoms with van der Waals surface area (Å²) in [6, 6.07) is 13.3. The predicted molar refractivity (Wildman–Crippen MR) is 96.6 cm³/mol. The lowest BCUT2D eigenvalue weighted by Crippen LogP contribution is -2.49. The van der Waals surface area contributed by atoms with Crippen LogP contribution in [0.5, 0.6) is 0 Å². The fraction of sp³-hybridized carbons (Fsp3) is 0.133.